The molecule has 1 aliphatic rings. The lowest BCUT2D eigenvalue weighted by molar-refractivity contribution is 0.0184. The van der Waals surface area contributed by atoms with Crippen molar-refractivity contribution in [2.24, 2.45) is 5.92 Å². The average Bonchev–Trinajstić information content (AvgIpc) is 3.04. The van der Waals surface area contributed by atoms with E-state index in [1.54, 1.807) is 22.3 Å². The Morgan fingerprint density at radius 3 is 2.48 bits per heavy atom. The molecule has 1 saturated heterocycles. The number of carbonyl (C=O) groups excluding carboxylic acids is 1. The zero-order valence-electron chi connectivity index (χ0n) is 14.7. The Labute approximate surface area is 155 Å². The molecule has 3 heterocycles. The van der Waals surface area contributed by atoms with Gasteiger partial charge in [0.05, 0.1) is 4.01 Å². The Balaban J connectivity index is 1.54. The van der Waals surface area contributed by atoms with Crippen molar-refractivity contribution in [3.05, 3.63) is 21.9 Å². The largest absolute Gasteiger partial charge is 0.477 e. The van der Waals surface area contributed by atoms with Crippen molar-refractivity contribution in [2.45, 2.75) is 45.6 Å². The van der Waals surface area contributed by atoms with E-state index in [0.717, 1.165) is 41.8 Å². The van der Waals surface area contributed by atoms with Crippen LogP contribution in [-0.4, -0.2) is 40.8 Å². The second-order valence-electron chi connectivity index (χ2n) is 7.49. The van der Waals surface area contributed by atoms with Crippen LogP contribution in [0.3, 0.4) is 0 Å². The van der Waals surface area contributed by atoms with Crippen LogP contribution in [0.15, 0.2) is 12.1 Å². The van der Waals surface area contributed by atoms with Crippen molar-refractivity contribution in [3.8, 4) is 0 Å². The van der Waals surface area contributed by atoms with Gasteiger partial charge in [-0.2, -0.15) is 0 Å². The van der Waals surface area contributed by atoms with E-state index >= 15 is 0 Å². The first-order valence-corrected chi connectivity index (χ1v) is 10.1. The van der Waals surface area contributed by atoms with Gasteiger partial charge in [-0.15, -0.1) is 22.7 Å². The third-order valence-corrected chi connectivity index (χ3v) is 6.63. The van der Waals surface area contributed by atoms with Crippen molar-refractivity contribution in [1.29, 1.82) is 0 Å². The van der Waals surface area contributed by atoms with Crippen LogP contribution >= 0.6 is 22.7 Å². The van der Waals surface area contributed by atoms with Crippen LogP contribution in [0.25, 0.3) is 9.40 Å². The molecule has 2 aromatic heterocycles. The Kier molecular flexibility index (Phi) is 5.06. The third-order valence-electron chi connectivity index (χ3n) is 4.23. The highest BCUT2D eigenvalue weighted by Gasteiger charge is 2.27. The standard InChI is InChI=1S/C18H23NO4S2/c1-18(2,3)23-17(22)19-6-4-11(5-7-19)8-13-9-12-10-14(15(20)21)25-16(12)24-13/h9-11H,4-8H2,1-3H3,(H,20,21). The zero-order valence-corrected chi connectivity index (χ0v) is 16.3. The van der Waals surface area contributed by atoms with E-state index in [2.05, 4.69) is 6.07 Å². The molecule has 7 heteroatoms. The first kappa shape index (κ1) is 18.2. The van der Waals surface area contributed by atoms with E-state index in [9.17, 15) is 9.59 Å². The molecular formula is C18H23NO4S2. The summed E-state index contributed by atoms with van der Waals surface area (Å²) in [6.07, 6.45) is 2.73. The van der Waals surface area contributed by atoms with Crippen LogP contribution in [0.4, 0.5) is 4.79 Å². The Bertz CT molecular complexity index is 747. The number of aromatic carboxylic acids is 1. The first-order valence-electron chi connectivity index (χ1n) is 8.45. The lowest BCUT2D eigenvalue weighted by Crippen LogP contribution is -2.42. The topological polar surface area (TPSA) is 66.8 Å². The second kappa shape index (κ2) is 6.96. The quantitative estimate of drug-likeness (QED) is 0.825. The van der Waals surface area contributed by atoms with Crippen LogP contribution in [0.2, 0.25) is 0 Å². The molecule has 0 radical (unpaired) electrons. The second-order valence-corrected chi connectivity index (χ2v) is 9.93. The van der Waals surface area contributed by atoms with Gasteiger partial charge in [0.25, 0.3) is 0 Å². The number of likely N-dealkylation sites (tertiary alicyclic amines) is 1. The van der Waals surface area contributed by atoms with Crippen LogP contribution < -0.4 is 0 Å². The van der Waals surface area contributed by atoms with Gasteiger partial charge >= 0.3 is 12.1 Å². The minimum absolute atomic E-state index is 0.219. The van der Waals surface area contributed by atoms with Crippen molar-refractivity contribution in [2.75, 3.05) is 13.1 Å². The molecule has 1 fully saturated rings. The van der Waals surface area contributed by atoms with Crippen LogP contribution in [0.1, 0.15) is 48.2 Å². The summed E-state index contributed by atoms with van der Waals surface area (Å²) < 4.78 is 6.52. The predicted molar refractivity (Wildman–Crippen MR) is 101 cm³/mol. The van der Waals surface area contributed by atoms with Crippen LogP contribution in [0.5, 0.6) is 0 Å². The maximum atomic E-state index is 12.1. The lowest BCUT2D eigenvalue weighted by Gasteiger charge is -2.33. The van der Waals surface area contributed by atoms with Gasteiger partial charge in [0.2, 0.25) is 0 Å². The molecule has 3 rings (SSSR count). The van der Waals surface area contributed by atoms with Gasteiger partial charge < -0.3 is 14.7 Å². The number of ether oxygens (including phenoxy) is 1. The maximum Gasteiger partial charge on any atom is 0.410 e. The Hall–Kier alpha value is -1.60. The van der Waals surface area contributed by atoms with Crippen molar-refractivity contribution < 1.29 is 19.4 Å². The molecule has 5 nitrogen and oxygen atoms in total. The summed E-state index contributed by atoms with van der Waals surface area (Å²) in [5.41, 5.74) is -0.453. The monoisotopic (exact) mass is 381 g/mol. The smallest absolute Gasteiger partial charge is 0.410 e. The Morgan fingerprint density at radius 2 is 1.92 bits per heavy atom. The molecule has 0 unspecified atom stereocenters. The highest BCUT2D eigenvalue weighted by molar-refractivity contribution is 7.39. The maximum absolute atomic E-state index is 12.1. The number of hydrogen-bond acceptors (Lipinski definition) is 5. The fourth-order valence-electron chi connectivity index (χ4n) is 3.03. The number of fused-ring (bicyclic) bond motifs is 1. The molecule has 0 atom stereocenters. The van der Waals surface area contributed by atoms with Gasteiger partial charge in [-0.1, -0.05) is 0 Å². The molecule has 1 amide bonds. The molecule has 1 aliphatic heterocycles. The minimum atomic E-state index is -0.857. The first-order chi connectivity index (χ1) is 11.7. The summed E-state index contributed by atoms with van der Waals surface area (Å²) in [6, 6.07) is 3.87. The van der Waals surface area contributed by atoms with E-state index in [-0.39, 0.29) is 6.09 Å². The van der Waals surface area contributed by atoms with E-state index in [1.165, 1.54) is 16.2 Å². The van der Waals surface area contributed by atoms with Gasteiger partial charge in [0.1, 0.15) is 10.5 Å². The summed E-state index contributed by atoms with van der Waals surface area (Å²) in [5, 5.41) is 10.1. The molecule has 1 N–H and O–H groups in total. The number of hydrogen-bond donors (Lipinski definition) is 1. The Morgan fingerprint density at radius 1 is 1.24 bits per heavy atom. The zero-order chi connectivity index (χ0) is 18.2. The summed E-state index contributed by atoms with van der Waals surface area (Å²) in [5.74, 6) is -0.296. The normalized spacial score (nSPS) is 16.4. The van der Waals surface area contributed by atoms with Gasteiger partial charge in [-0.3, -0.25) is 0 Å². The summed E-state index contributed by atoms with van der Waals surface area (Å²) in [6.45, 7) is 7.13. The molecule has 136 valence electrons. The SMILES string of the molecule is CC(C)(C)OC(=O)N1CCC(Cc2cc3cc(C(=O)O)sc3s2)CC1. The van der Waals surface area contributed by atoms with E-state index in [1.807, 2.05) is 20.8 Å². The van der Waals surface area contributed by atoms with E-state index in [4.69, 9.17) is 9.84 Å². The van der Waals surface area contributed by atoms with Crippen molar-refractivity contribution in [1.82, 2.24) is 4.90 Å². The summed E-state index contributed by atoms with van der Waals surface area (Å²) in [7, 11) is 0. The predicted octanol–water partition coefficient (Wildman–Crippen LogP) is 4.85. The van der Waals surface area contributed by atoms with Crippen LogP contribution in [-0.2, 0) is 11.2 Å². The molecule has 2 aromatic rings. The number of carboxylic acid groups (broad SMARTS) is 1. The summed E-state index contributed by atoms with van der Waals surface area (Å²) in [4.78, 5) is 26.6. The highest BCUT2D eigenvalue weighted by Crippen LogP contribution is 2.35. The van der Waals surface area contributed by atoms with Crippen molar-refractivity contribution in [3.63, 3.8) is 0 Å². The van der Waals surface area contributed by atoms with Gasteiger partial charge in [-0.05, 0) is 58.1 Å². The number of amides is 1. The molecule has 25 heavy (non-hydrogen) atoms. The van der Waals surface area contributed by atoms with Gasteiger partial charge in [0, 0.05) is 23.4 Å². The molecule has 0 saturated carbocycles. The summed E-state index contributed by atoms with van der Waals surface area (Å²) >= 11 is 3.04. The fraction of sp³-hybridized carbons (Fsp3) is 0.556. The fourth-order valence-corrected chi connectivity index (χ4v) is 5.47. The van der Waals surface area contributed by atoms with Gasteiger partial charge in [0.15, 0.2) is 0 Å². The minimum Gasteiger partial charge on any atom is -0.477 e. The van der Waals surface area contributed by atoms with E-state index in [0.29, 0.717) is 10.8 Å². The lowest BCUT2D eigenvalue weighted by atomic mass is 9.93. The number of piperidine rings is 1. The average molecular weight is 382 g/mol. The van der Waals surface area contributed by atoms with E-state index < -0.39 is 11.6 Å². The molecule has 0 bridgehead atoms. The molecule has 0 aliphatic carbocycles. The molecular weight excluding hydrogens is 358 g/mol. The van der Waals surface area contributed by atoms with Crippen molar-refractivity contribution >= 4 is 44.1 Å². The number of thiophene rings is 2. The third kappa shape index (κ3) is 4.52. The highest BCUT2D eigenvalue weighted by atomic mass is 32.2. The molecule has 0 aromatic carbocycles. The number of carboxylic acids is 1. The number of nitrogens with zero attached hydrogens (tertiary/aromatic N) is 1. The van der Waals surface area contributed by atoms with Crippen LogP contribution in [0, 0.1) is 5.92 Å². The number of carbonyl (C=O) groups is 2. The van der Waals surface area contributed by atoms with Gasteiger partial charge in [-0.25, -0.2) is 9.59 Å². The molecule has 0 spiro atoms. The number of rotatable bonds is 3.